The number of hydrogen-bond acceptors (Lipinski definition) is 3. The average molecular weight is 341 g/mol. The summed E-state index contributed by atoms with van der Waals surface area (Å²) in [5.74, 6) is 0. The van der Waals surface area contributed by atoms with E-state index in [1.807, 2.05) is 7.05 Å². The van der Waals surface area contributed by atoms with Crippen molar-refractivity contribution in [1.29, 1.82) is 0 Å². The van der Waals surface area contributed by atoms with Crippen molar-refractivity contribution in [2.75, 3.05) is 33.3 Å². The number of rotatable bonds is 6. The fourth-order valence-electron chi connectivity index (χ4n) is 2.74. The summed E-state index contributed by atoms with van der Waals surface area (Å²) in [7, 11) is 2.04. The van der Waals surface area contributed by atoms with E-state index in [2.05, 4.69) is 57.3 Å². The summed E-state index contributed by atoms with van der Waals surface area (Å²) in [6, 6.07) is 8.99. The van der Waals surface area contributed by atoms with Crippen molar-refractivity contribution >= 4 is 15.9 Å². The molecule has 0 radical (unpaired) electrons. The van der Waals surface area contributed by atoms with Gasteiger partial charge in [0.2, 0.25) is 0 Å². The first kappa shape index (κ1) is 16.0. The normalized spacial score (nSPS) is 21.9. The third-order valence-corrected chi connectivity index (χ3v) is 4.51. The monoisotopic (exact) mass is 340 g/mol. The van der Waals surface area contributed by atoms with Crippen molar-refractivity contribution in [1.82, 2.24) is 10.2 Å². The molecule has 112 valence electrons. The van der Waals surface area contributed by atoms with Crippen LogP contribution < -0.4 is 5.32 Å². The zero-order chi connectivity index (χ0) is 14.4. The van der Waals surface area contributed by atoms with Crippen LogP contribution in [0.4, 0.5) is 0 Å². The molecule has 0 saturated carbocycles. The van der Waals surface area contributed by atoms with Gasteiger partial charge in [-0.25, -0.2) is 0 Å². The van der Waals surface area contributed by atoms with Crippen LogP contribution >= 0.6 is 15.9 Å². The van der Waals surface area contributed by atoms with Crippen LogP contribution in [-0.2, 0) is 4.74 Å². The highest BCUT2D eigenvalue weighted by molar-refractivity contribution is 9.10. The Bertz CT molecular complexity index is 413. The van der Waals surface area contributed by atoms with Gasteiger partial charge in [-0.05, 0) is 37.6 Å². The van der Waals surface area contributed by atoms with E-state index in [0.717, 1.165) is 43.6 Å². The molecule has 4 heteroatoms. The first-order valence-corrected chi connectivity index (χ1v) is 8.29. The Morgan fingerprint density at radius 2 is 2.35 bits per heavy atom. The molecule has 0 amide bonds. The molecule has 1 aliphatic heterocycles. The molecule has 1 aromatic carbocycles. The number of nitrogens with zero attached hydrogens (tertiary/aromatic N) is 1. The molecule has 0 aliphatic carbocycles. The summed E-state index contributed by atoms with van der Waals surface area (Å²) in [6.45, 7) is 6.33. The third kappa shape index (κ3) is 4.55. The van der Waals surface area contributed by atoms with Gasteiger partial charge in [-0.3, -0.25) is 4.90 Å². The van der Waals surface area contributed by atoms with Crippen LogP contribution in [0, 0.1) is 0 Å². The van der Waals surface area contributed by atoms with Crippen molar-refractivity contribution < 1.29 is 4.74 Å². The Kier molecular flexibility index (Phi) is 6.49. The summed E-state index contributed by atoms with van der Waals surface area (Å²) in [5, 5.41) is 3.43. The van der Waals surface area contributed by atoms with E-state index >= 15 is 0 Å². The zero-order valence-corrected chi connectivity index (χ0v) is 14.0. The van der Waals surface area contributed by atoms with Gasteiger partial charge in [0, 0.05) is 30.1 Å². The quantitative estimate of drug-likeness (QED) is 0.860. The zero-order valence-electron chi connectivity index (χ0n) is 12.4. The number of ether oxygens (including phenoxy) is 1. The third-order valence-electron chi connectivity index (χ3n) is 4.01. The highest BCUT2D eigenvalue weighted by atomic mass is 79.9. The Hall–Kier alpha value is -0.420. The Morgan fingerprint density at radius 1 is 1.50 bits per heavy atom. The van der Waals surface area contributed by atoms with Gasteiger partial charge >= 0.3 is 0 Å². The average Bonchev–Trinajstić information content (AvgIpc) is 2.48. The Balaban J connectivity index is 1.87. The fraction of sp³-hybridized carbons (Fsp3) is 0.625. The molecule has 1 heterocycles. The molecule has 20 heavy (non-hydrogen) atoms. The molecule has 2 atom stereocenters. The maximum absolute atomic E-state index is 5.73. The van der Waals surface area contributed by atoms with Crippen molar-refractivity contribution in [3.05, 3.63) is 34.3 Å². The molecule has 1 saturated heterocycles. The molecule has 3 nitrogen and oxygen atoms in total. The lowest BCUT2D eigenvalue weighted by molar-refractivity contribution is -0.0304. The van der Waals surface area contributed by atoms with Gasteiger partial charge in [-0.15, -0.1) is 0 Å². The molecular weight excluding hydrogens is 316 g/mol. The Morgan fingerprint density at radius 3 is 3.05 bits per heavy atom. The number of morpholine rings is 1. The summed E-state index contributed by atoms with van der Waals surface area (Å²) in [4.78, 5) is 2.53. The fourth-order valence-corrected chi connectivity index (χ4v) is 3.16. The standard InChI is InChI=1S/C16H25BrN2O/c1-3-15-12-19(9-10-20-15)8-7-16(18-2)13-5-4-6-14(17)11-13/h4-6,11,15-16,18H,3,7-10,12H2,1-2H3. The van der Waals surface area contributed by atoms with Crippen molar-refractivity contribution in [3.63, 3.8) is 0 Å². The SMILES string of the molecule is CCC1CN(CCC(NC)c2cccc(Br)c2)CCO1. The highest BCUT2D eigenvalue weighted by Gasteiger charge is 2.20. The van der Waals surface area contributed by atoms with Crippen molar-refractivity contribution in [2.24, 2.45) is 0 Å². The first-order valence-electron chi connectivity index (χ1n) is 7.49. The van der Waals surface area contributed by atoms with Crippen LogP contribution in [-0.4, -0.2) is 44.3 Å². The number of nitrogens with one attached hydrogen (secondary N) is 1. The van der Waals surface area contributed by atoms with Crippen LogP contribution in [0.1, 0.15) is 31.4 Å². The lowest BCUT2D eigenvalue weighted by atomic mass is 10.0. The summed E-state index contributed by atoms with van der Waals surface area (Å²) < 4.78 is 6.87. The predicted molar refractivity (Wildman–Crippen MR) is 87.0 cm³/mol. The lowest BCUT2D eigenvalue weighted by Gasteiger charge is -2.33. The minimum absolute atomic E-state index is 0.412. The van der Waals surface area contributed by atoms with Gasteiger partial charge in [-0.2, -0.15) is 0 Å². The van der Waals surface area contributed by atoms with E-state index < -0.39 is 0 Å². The molecule has 2 rings (SSSR count). The minimum Gasteiger partial charge on any atom is -0.376 e. The Labute approximate surface area is 130 Å². The van der Waals surface area contributed by atoms with Gasteiger partial charge in [0.15, 0.2) is 0 Å². The van der Waals surface area contributed by atoms with Crippen LogP contribution in [0.15, 0.2) is 28.7 Å². The van der Waals surface area contributed by atoms with Crippen molar-refractivity contribution in [3.8, 4) is 0 Å². The summed E-state index contributed by atoms with van der Waals surface area (Å²) in [5.41, 5.74) is 1.35. The second-order valence-electron chi connectivity index (χ2n) is 5.39. The van der Waals surface area contributed by atoms with Crippen LogP contribution in [0.2, 0.25) is 0 Å². The second-order valence-corrected chi connectivity index (χ2v) is 6.30. The number of hydrogen-bond donors (Lipinski definition) is 1. The minimum atomic E-state index is 0.412. The summed E-state index contributed by atoms with van der Waals surface area (Å²) in [6.07, 6.45) is 2.66. The van der Waals surface area contributed by atoms with Gasteiger partial charge in [-0.1, -0.05) is 35.0 Å². The van der Waals surface area contributed by atoms with E-state index in [1.54, 1.807) is 0 Å². The maximum atomic E-state index is 5.73. The smallest absolute Gasteiger partial charge is 0.0700 e. The van der Waals surface area contributed by atoms with E-state index in [1.165, 1.54) is 5.56 Å². The molecule has 0 aromatic heterocycles. The van der Waals surface area contributed by atoms with E-state index in [4.69, 9.17) is 4.74 Å². The largest absolute Gasteiger partial charge is 0.376 e. The van der Waals surface area contributed by atoms with E-state index in [9.17, 15) is 0 Å². The van der Waals surface area contributed by atoms with Crippen LogP contribution in [0.3, 0.4) is 0 Å². The van der Waals surface area contributed by atoms with Gasteiger partial charge in [0.05, 0.1) is 12.7 Å². The molecule has 0 bridgehead atoms. The lowest BCUT2D eigenvalue weighted by Crippen LogP contribution is -2.43. The number of halogens is 1. The maximum Gasteiger partial charge on any atom is 0.0700 e. The van der Waals surface area contributed by atoms with E-state index in [0.29, 0.717) is 12.1 Å². The number of benzene rings is 1. The molecule has 1 aliphatic rings. The van der Waals surface area contributed by atoms with Gasteiger partial charge in [0.25, 0.3) is 0 Å². The highest BCUT2D eigenvalue weighted by Crippen LogP contribution is 2.21. The van der Waals surface area contributed by atoms with E-state index in [-0.39, 0.29) is 0 Å². The second kappa shape index (κ2) is 8.13. The molecular formula is C16H25BrN2O. The topological polar surface area (TPSA) is 24.5 Å². The predicted octanol–water partition coefficient (Wildman–Crippen LogP) is 3.21. The summed E-state index contributed by atoms with van der Waals surface area (Å²) >= 11 is 3.55. The molecule has 2 unspecified atom stereocenters. The molecule has 1 fully saturated rings. The van der Waals surface area contributed by atoms with Gasteiger partial charge < -0.3 is 10.1 Å². The van der Waals surface area contributed by atoms with Crippen LogP contribution in [0.5, 0.6) is 0 Å². The van der Waals surface area contributed by atoms with Gasteiger partial charge in [0.1, 0.15) is 0 Å². The molecule has 0 spiro atoms. The molecule has 1 aromatic rings. The first-order chi connectivity index (χ1) is 9.72. The van der Waals surface area contributed by atoms with Crippen molar-refractivity contribution in [2.45, 2.75) is 31.9 Å². The van der Waals surface area contributed by atoms with Crippen LogP contribution in [0.25, 0.3) is 0 Å². The molecule has 1 N–H and O–H groups in total.